The number of nitrogen functional groups attached to an aromatic ring is 1. The molecule has 0 aromatic heterocycles. The molecule has 0 aliphatic heterocycles. The van der Waals surface area contributed by atoms with E-state index < -0.39 is 9.84 Å². The highest BCUT2D eigenvalue weighted by Crippen LogP contribution is 2.26. The average Bonchev–Trinajstić information content (AvgIpc) is 2.34. The van der Waals surface area contributed by atoms with E-state index in [1.54, 1.807) is 6.07 Å². The van der Waals surface area contributed by atoms with Crippen molar-refractivity contribution in [3.63, 3.8) is 0 Å². The van der Waals surface area contributed by atoms with Crippen molar-refractivity contribution in [3.05, 3.63) is 18.2 Å². The van der Waals surface area contributed by atoms with E-state index in [2.05, 4.69) is 0 Å². The second kappa shape index (κ2) is 6.77. The maximum absolute atomic E-state index is 12.2. The Morgan fingerprint density at radius 1 is 1.32 bits per heavy atom. The van der Waals surface area contributed by atoms with Gasteiger partial charge in [0.05, 0.1) is 19.5 Å². The van der Waals surface area contributed by atoms with Crippen LogP contribution in [0.3, 0.4) is 0 Å². The summed E-state index contributed by atoms with van der Waals surface area (Å²) in [6, 6.07) is 4.51. The van der Waals surface area contributed by atoms with Gasteiger partial charge < -0.3 is 15.2 Å². The van der Waals surface area contributed by atoms with Crippen LogP contribution in [0.1, 0.15) is 13.8 Å². The highest BCUT2D eigenvalue weighted by molar-refractivity contribution is 7.91. The van der Waals surface area contributed by atoms with Crippen molar-refractivity contribution in [1.82, 2.24) is 0 Å². The lowest BCUT2D eigenvalue weighted by molar-refractivity contribution is 0.123. The van der Waals surface area contributed by atoms with Gasteiger partial charge in [-0.3, -0.25) is 0 Å². The van der Waals surface area contributed by atoms with Gasteiger partial charge in [0.1, 0.15) is 10.6 Å². The molecule has 0 fully saturated rings. The summed E-state index contributed by atoms with van der Waals surface area (Å²) in [6.07, 6.45) is 0. The lowest BCUT2D eigenvalue weighted by atomic mass is 10.2. The second-order valence-corrected chi connectivity index (χ2v) is 6.78. The Morgan fingerprint density at radius 2 is 2.00 bits per heavy atom. The summed E-state index contributed by atoms with van der Waals surface area (Å²) >= 11 is 0. The van der Waals surface area contributed by atoms with Crippen LogP contribution in [-0.2, 0) is 14.6 Å². The molecule has 1 aromatic carbocycles. The standard InChI is InChI=1S/C13H21NO4S/c1-10(2)9-18-6-7-19(15,16)13-5-4-11(14)8-12(13)17-3/h4-5,8,10H,6-7,9,14H2,1-3H3. The van der Waals surface area contributed by atoms with E-state index in [0.717, 1.165) is 0 Å². The number of benzene rings is 1. The zero-order chi connectivity index (χ0) is 14.5. The highest BCUT2D eigenvalue weighted by atomic mass is 32.2. The van der Waals surface area contributed by atoms with Gasteiger partial charge in [0, 0.05) is 18.4 Å². The van der Waals surface area contributed by atoms with E-state index in [1.807, 2.05) is 13.8 Å². The molecule has 0 radical (unpaired) electrons. The van der Waals surface area contributed by atoms with Crippen LogP contribution in [0.25, 0.3) is 0 Å². The molecule has 6 heteroatoms. The van der Waals surface area contributed by atoms with Crippen molar-refractivity contribution in [1.29, 1.82) is 0 Å². The lowest BCUT2D eigenvalue weighted by Crippen LogP contribution is -2.15. The molecule has 0 saturated carbocycles. The molecule has 0 saturated heterocycles. The zero-order valence-corrected chi connectivity index (χ0v) is 12.4. The molecule has 1 rings (SSSR count). The Morgan fingerprint density at radius 3 is 2.58 bits per heavy atom. The SMILES string of the molecule is COc1cc(N)ccc1S(=O)(=O)CCOCC(C)C. The summed E-state index contributed by atoms with van der Waals surface area (Å²) in [5, 5.41) is 0. The molecule has 2 N–H and O–H groups in total. The molecule has 0 aliphatic rings. The fraction of sp³-hybridized carbons (Fsp3) is 0.538. The van der Waals surface area contributed by atoms with Gasteiger partial charge in [-0.2, -0.15) is 0 Å². The molecule has 0 atom stereocenters. The van der Waals surface area contributed by atoms with Crippen LogP contribution in [0.4, 0.5) is 5.69 Å². The Bertz CT molecular complexity index is 511. The van der Waals surface area contributed by atoms with Crippen molar-refractivity contribution in [2.24, 2.45) is 5.92 Å². The quantitative estimate of drug-likeness (QED) is 0.610. The minimum Gasteiger partial charge on any atom is -0.495 e. The monoisotopic (exact) mass is 287 g/mol. The number of hydrogen-bond acceptors (Lipinski definition) is 5. The van der Waals surface area contributed by atoms with Gasteiger partial charge in [-0.15, -0.1) is 0 Å². The molecule has 0 amide bonds. The molecule has 0 aliphatic carbocycles. The predicted octanol–water partition coefficient (Wildman–Crippen LogP) is 1.72. The van der Waals surface area contributed by atoms with Crippen molar-refractivity contribution in [2.45, 2.75) is 18.7 Å². The highest BCUT2D eigenvalue weighted by Gasteiger charge is 2.19. The van der Waals surface area contributed by atoms with E-state index in [0.29, 0.717) is 18.2 Å². The molecular formula is C13H21NO4S. The summed E-state index contributed by atoms with van der Waals surface area (Å²) in [6.45, 7) is 4.75. The van der Waals surface area contributed by atoms with Gasteiger partial charge in [-0.25, -0.2) is 8.42 Å². The first-order valence-corrected chi connectivity index (χ1v) is 7.76. The third-order valence-corrected chi connectivity index (χ3v) is 4.18. The number of ether oxygens (including phenoxy) is 2. The minimum absolute atomic E-state index is 0.0694. The molecular weight excluding hydrogens is 266 g/mol. The Labute approximate surface area is 114 Å². The third-order valence-electron chi connectivity index (χ3n) is 2.47. The maximum atomic E-state index is 12.2. The molecule has 0 unspecified atom stereocenters. The summed E-state index contributed by atoms with van der Waals surface area (Å²) in [5.74, 6) is 0.581. The second-order valence-electron chi connectivity index (χ2n) is 4.70. The van der Waals surface area contributed by atoms with Gasteiger partial charge in [-0.1, -0.05) is 13.8 Å². The minimum atomic E-state index is -3.42. The summed E-state index contributed by atoms with van der Waals surface area (Å²) in [5.41, 5.74) is 6.07. The van der Waals surface area contributed by atoms with Gasteiger partial charge in [0.2, 0.25) is 0 Å². The average molecular weight is 287 g/mol. The first-order chi connectivity index (χ1) is 8.86. The fourth-order valence-corrected chi connectivity index (χ4v) is 2.82. The zero-order valence-electron chi connectivity index (χ0n) is 11.5. The van der Waals surface area contributed by atoms with Gasteiger partial charge in [0.25, 0.3) is 0 Å². The molecule has 0 spiro atoms. The summed E-state index contributed by atoms with van der Waals surface area (Å²) < 4.78 is 34.7. The maximum Gasteiger partial charge on any atom is 0.184 e. The molecule has 19 heavy (non-hydrogen) atoms. The van der Waals surface area contributed by atoms with E-state index >= 15 is 0 Å². The third kappa shape index (κ3) is 4.72. The van der Waals surface area contributed by atoms with E-state index in [4.69, 9.17) is 15.2 Å². The van der Waals surface area contributed by atoms with E-state index in [9.17, 15) is 8.42 Å². The van der Waals surface area contributed by atoms with Crippen LogP contribution in [0.15, 0.2) is 23.1 Å². The van der Waals surface area contributed by atoms with Gasteiger partial charge in [-0.05, 0) is 18.1 Å². The Kier molecular flexibility index (Phi) is 5.62. The first kappa shape index (κ1) is 15.8. The number of nitrogens with two attached hydrogens (primary N) is 1. The van der Waals surface area contributed by atoms with Crippen LogP contribution in [0.2, 0.25) is 0 Å². The number of hydrogen-bond donors (Lipinski definition) is 1. The van der Waals surface area contributed by atoms with Crippen LogP contribution in [-0.4, -0.2) is 34.5 Å². The molecule has 1 aromatic rings. The van der Waals surface area contributed by atoms with E-state index in [1.165, 1.54) is 19.2 Å². The first-order valence-electron chi connectivity index (χ1n) is 6.11. The number of anilines is 1. The lowest BCUT2D eigenvalue weighted by Gasteiger charge is -2.11. The number of sulfone groups is 1. The largest absolute Gasteiger partial charge is 0.495 e. The van der Waals surface area contributed by atoms with Gasteiger partial charge in [0.15, 0.2) is 9.84 Å². The van der Waals surface area contributed by atoms with Crippen molar-refractivity contribution in [2.75, 3.05) is 31.8 Å². The topological polar surface area (TPSA) is 78.6 Å². The van der Waals surface area contributed by atoms with Crippen LogP contribution < -0.4 is 10.5 Å². The Hall–Kier alpha value is -1.27. The normalized spacial score (nSPS) is 11.8. The summed E-state index contributed by atoms with van der Waals surface area (Å²) in [7, 11) is -2.00. The van der Waals surface area contributed by atoms with E-state index in [-0.39, 0.29) is 23.0 Å². The smallest absolute Gasteiger partial charge is 0.184 e. The summed E-state index contributed by atoms with van der Waals surface area (Å²) in [4.78, 5) is 0.150. The predicted molar refractivity (Wildman–Crippen MR) is 75.1 cm³/mol. The number of rotatable bonds is 7. The van der Waals surface area contributed by atoms with Crippen LogP contribution in [0.5, 0.6) is 5.75 Å². The fourth-order valence-electron chi connectivity index (χ4n) is 1.54. The van der Waals surface area contributed by atoms with Crippen molar-refractivity contribution >= 4 is 15.5 Å². The van der Waals surface area contributed by atoms with Crippen LogP contribution in [0, 0.1) is 5.92 Å². The van der Waals surface area contributed by atoms with Crippen molar-refractivity contribution < 1.29 is 17.9 Å². The number of methoxy groups -OCH3 is 1. The van der Waals surface area contributed by atoms with Gasteiger partial charge >= 0.3 is 0 Å². The van der Waals surface area contributed by atoms with Crippen LogP contribution >= 0.6 is 0 Å². The molecule has 108 valence electrons. The molecule has 0 bridgehead atoms. The van der Waals surface area contributed by atoms with Crippen molar-refractivity contribution in [3.8, 4) is 5.75 Å². The molecule has 0 heterocycles. The molecule has 5 nitrogen and oxygen atoms in total. The Balaban J connectivity index is 2.77.